The molecule has 0 radical (unpaired) electrons. The van der Waals surface area contributed by atoms with Gasteiger partial charge in [0.05, 0.1) is 0 Å². The van der Waals surface area contributed by atoms with Crippen LogP contribution in [-0.4, -0.2) is 17.6 Å². The molecular weight excluding hydrogens is 264 g/mol. The summed E-state index contributed by atoms with van der Waals surface area (Å²) in [6.07, 6.45) is 1.00. The minimum atomic E-state index is -0.169. The number of anilines is 2. The molecule has 108 valence electrons. The second-order valence-corrected chi connectivity index (χ2v) is 5.41. The SMILES string of the molecule is Cc1ccc(NC(=O)c2ccc3c(c2)NCC3)c(C)c1O. The Morgan fingerprint density at radius 2 is 2.05 bits per heavy atom. The van der Waals surface area contributed by atoms with Crippen LogP contribution >= 0.6 is 0 Å². The third-order valence-corrected chi connectivity index (χ3v) is 3.96. The van der Waals surface area contributed by atoms with Gasteiger partial charge in [0.1, 0.15) is 5.75 Å². The Kier molecular flexibility index (Phi) is 3.29. The van der Waals surface area contributed by atoms with Crippen molar-refractivity contribution in [3.8, 4) is 5.75 Å². The molecule has 4 heteroatoms. The molecule has 3 rings (SSSR count). The number of carbonyl (C=O) groups excluding carboxylic acids is 1. The van der Waals surface area contributed by atoms with Gasteiger partial charge in [-0.05, 0) is 49.6 Å². The van der Waals surface area contributed by atoms with Gasteiger partial charge in [-0.15, -0.1) is 0 Å². The average Bonchev–Trinajstić information content (AvgIpc) is 2.95. The number of hydrogen-bond donors (Lipinski definition) is 3. The van der Waals surface area contributed by atoms with Crippen LogP contribution in [0.5, 0.6) is 5.75 Å². The van der Waals surface area contributed by atoms with Crippen LogP contribution in [0.15, 0.2) is 30.3 Å². The van der Waals surface area contributed by atoms with Crippen molar-refractivity contribution in [1.82, 2.24) is 0 Å². The molecule has 2 aromatic rings. The smallest absolute Gasteiger partial charge is 0.255 e. The number of hydrogen-bond acceptors (Lipinski definition) is 3. The molecule has 4 nitrogen and oxygen atoms in total. The lowest BCUT2D eigenvalue weighted by atomic mass is 10.1. The van der Waals surface area contributed by atoms with E-state index in [2.05, 4.69) is 10.6 Å². The van der Waals surface area contributed by atoms with Crippen LogP contribution < -0.4 is 10.6 Å². The Morgan fingerprint density at radius 1 is 1.24 bits per heavy atom. The Bertz CT molecular complexity index is 723. The number of rotatable bonds is 2. The number of benzene rings is 2. The van der Waals surface area contributed by atoms with Crippen LogP contribution in [0.4, 0.5) is 11.4 Å². The third-order valence-electron chi connectivity index (χ3n) is 3.96. The van der Waals surface area contributed by atoms with Gasteiger partial charge < -0.3 is 15.7 Å². The van der Waals surface area contributed by atoms with Crippen LogP contribution in [0.1, 0.15) is 27.0 Å². The molecule has 0 unspecified atom stereocenters. The molecular formula is C17H18N2O2. The van der Waals surface area contributed by atoms with Gasteiger partial charge in [-0.25, -0.2) is 0 Å². The third kappa shape index (κ3) is 2.44. The van der Waals surface area contributed by atoms with Crippen molar-refractivity contribution in [2.24, 2.45) is 0 Å². The van der Waals surface area contributed by atoms with E-state index in [9.17, 15) is 9.90 Å². The Morgan fingerprint density at radius 3 is 2.86 bits per heavy atom. The number of phenols is 1. The molecule has 1 amide bonds. The van der Waals surface area contributed by atoms with Gasteiger partial charge in [0.25, 0.3) is 5.91 Å². The normalized spacial score (nSPS) is 12.7. The predicted molar refractivity (Wildman–Crippen MR) is 84.2 cm³/mol. The van der Waals surface area contributed by atoms with E-state index in [1.807, 2.05) is 31.2 Å². The molecule has 0 aromatic heterocycles. The first-order chi connectivity index (χ1) is 10.1. The summed E-state index contributed by atoms with van der Waals surface area (Å²) in [5, 5.41) is 16.1. The fraction of sp³-hybridized carbons (Fsp3) is 0.235. The predicted octanol–water partition coefficient (Wildman–Crippen LogP) is 3.23. The number of carbonyl (C=O) groups is 1. The van der Waals surface area contributed by atoms with Crippen LogP contribution in [0.25, 0.3) is 0 Å². The van der Waals surface area contributed by atoms with Gasteiger partial charge in [0.2, 0.25) is 0 Å². The van der Waals surface area contributed by atoms with Crippen molar-refractivity contribution < 1.29 is 9.90 Å². The van der Waals surface area contributed by atoms with E-state index in [0.29, 0.717) is 16.8 Å². The summed E-state index contributed by atoms with van der Waals surface area (Å²) in [5.74, 6) is 0.0567. The van der Waals surface area contributed by atoms with E-state index < -0.39 is 0 Å². The first-order valence-electron chi connectivity index (χ1n) is 7.03. The summed E-state index contributed by atoms with van der Waals surface area (Å²) < 4.78 is 0. The van der Waals surface area contributed by atoms with E-state index in [1.165, 1.54) is 5.56 Å². The molecule has 0 atom stereocenters. The summed E-state index contributed by atoms with van der Waals surface area (Å²) in [7, 11) is 0. The number of nitrogens with one attached hydrogen (secondary N) is 2. The quantitative estimate of drug-likeness (QED) is 0.792. The van der Waals surface area contributed by atoms with Gasteiger partial charge in [-0.3, -0.25) is 4.79 Å². The van der Waals surface area contributed by atoms with Crippen LogP contribution in [0, 0.1) is 13.8 Å². The lowest BCUT2D eigenvalue weighted by Gasteiger charge is -2.12. The molecule has 0 fully saturated rings. The standard InChI is InChI=1S/C17H18N2O2/c1-10-3-6-14(11(2)16(10)20)19-17(21)13-5-4-12-7-8-18-15(12)9-13/h3-6,9,18,20H,7-8H2,1-2H3,(H,19,21). The van der Waals surface area contributed by atoms with E-state index in [4.69, 9.17) is 0 Å². The summed E-state index contributed by atoms with van der Waals surface area (Å²) in [5.41, 5.74) is 5.01. The maximum absolute atomic E-state index is 12.3. The summed E-state index contributed by atoms with van der Waals surface area (Å²) in [6.45, 7) is 4.55. The van der Waals surface area contributed by atoms with Gasteiger partial charge in [-0.1, -0.05) is 12.1 Å². The lowest BCUT2D eigenvalue weighted by molar-refractivity contribution is 0.102. The molecule has 0 saturated heterocycles. The average molecular weight is 282 g/mol. The molecule has 0 saturated carbocycles. The van der Waals surface area contributed by atoms with Crippen molar-refractivity contribution in [2.45, 2.75) is 20.3 Å². The second kappa shape index (κ2) is 5.13. The molecule has 21 heavy (non-hydrogen) atoms. The maximum Gasteiger partial charge on any atom is 0.255 e. The Labute approximate surface area is 123 Å². The zero-order valence-corrected chi connectivity index (χ0v) is 12.2. The minimum Gasteiger partial charge on any atom is -0.507 e. The number of aryl methyl sites for hydroxylation is 1. The molecule has 0 aliphatic carbocycles. The Hall–Kier alpha value is -2.49. The van der Waals surface area contributed by atoms with Gasteiger partial charge in [-0.2, -0.15) is 0 Å². The Balaban J connectivity index is 1.85. The molecule has 3 N–H and O–H groups in total. The van der Waals surface area contributed by atoms with E-state index in [-0.39, 0.29) is 11.7 Å². The van der Waals surface area contributed by atoms with Crippen molar-refractivity contribution in [2.75, 3.05) is 17.2 Å². The molecule has 2 aromatic carbocycles. The highest BCUT2D eigenvalue weighted by atomic mass is 16.3. The molecule has 1 aliphatic heterocycles. The summed E-state index contributed by atoms with van der Waals surface area (Å²) in [4.78, 5) is 12.3. The molecule has 0 spiro atoms. The number of phenolic OH excluding ortho intramolecular Hbond substituents is 1. The van der Waals surface area contributed by atoms with Gasteiger partial charge >= 0.3 is 0 Å². The minimum absolute atomic E-state index is 0.169. The highest BCUT2D eigenvalue weighted by Crippen LogP contribution is 2.29. The molecule has 1 aliphatic rings. The van der Waals surface area contributed by atoms with Gasteiger partial charge in [0, 0.05) is 29.0 Å². The molecule has 1 heterocycles. The van der Waals surface area contributed by atoms with Crippen LogP contribution in [0.3, 0.4) is 0 Å². The lowest BCUT2D eigenvalue weighted by Crippen LogP contribution is -2.13. The summed E-state index contributed by atoms with van der Waals surface area (Å²) in [6, 6.07) is 9.31. The van der Waals surface area contributed by atoms with Crippen molar-refractivity contribution in [3.63, 3.8) is 0 Å². The number of aromatic hydroxyl groups is 1. The first-order valence-corrected chi connectivity index (χ1v) is 7.03. The zero-order valence-electron chi connectivity index (χ0n) is 12.2. The van der Waals surface area contributed by atoms with Crippen molar-refractivity contribution >= 4 is 17.3 Å². The summed E-state index contributed by atoms with van der Waals surface area (Å²) >= 11 is 0. The van der Waals surface area contributed by atoms with Crippen molar-refractivity contribution in [3.05, 3.63) is 52.6 Å². The fourth-order valence-corrected chi connectivity index (χ4v) is 2.60. The second-order valence-electron chi connectivity index (χ2n) is 5.41. The largest absolute Gasteiger partial charge is 0.507 e. The first kappa shape index (κ1) is 13.5. The van der Waals surface area contributed by atoms with E-state index in [1.54, 1.807) is 13.0 Å². The maximum atomic E-state index is 12.3. The number of amides is 1. The zero-order chi connectivity index (χ0) is 15.0. The highest BCUT2D eigenvalue weighted by Gasteiger charge is 2.15. The monoisotopic (exact) mass is 282 g/mol. The van der Waals surface area contributed by atoms with Gasteiger partial charge in [0.15, 0.2) is 0 Å². The van der Waals surface area contributed by atoms with Crippen LogP contribution in [0.2, 0.25) is 0 Å². The topological polar surface area (TPSA) is 61.4 Å². The van der Waals surface area contributed by atoms with E-state index in [0.717, 1.165) is 24.2 Å². The molecule has 0 bridgehead atoms. The fourth-order valence-electron chi connectivity index (χ4n) is 2.60. The van der Waals surface area contributed by atoms with E-state index >= 15 is 0 Å². The highest BCUT2D eigenvalue weighted by molar-refractivity contribution is 6.05. The van der Waals surface area contributed by atoms with Crippen LogP contribution in [-0.2, 0) is 6.42 Å². The number of fused-ring (bicyclic) bond motifs is 1. The van der Waals surface area contributed by atoms with Crippen molar-refractivity contribution in [1.29, 1.82) is 0 Å².